The first-order valence-corrected chi connectivity index (χ1v) is 12.7. The third kappa shape index (κ3) is 5.53. The van der Waals surface area contributed by atoms with E-state index in [1.165, 1.54) is 5.56 Å². The number of hydrogen-bond acceptors (Lipinski definition) is 4. The topological polar surface area (TPSA) is 46.6 Å². The molecule has 168 valence electrons. The van der Waals surface area contributed by atoms with Crippen molar-refractivity contribution in [1.82, 2.24) is 4.90 Å². The van der Waals surface area contributed by atoms with Crippen LogP contribution in [0.3, 0.4) is 0 Å². The minimum Gasteiger partial charge on any atom is -0.298 e. The van der Waals surface area contributed by atoms with Gasteiger partial charge in [0.25, 0.3) is 10.1 Å². The maximum atomic E-state index is 12.7. The first-order chi connectivity index (χ1) is 15.3. The molecule has 1 aliphatic rings. The van der Waals surface area contributed by atoms with Gasteiger partial charge in [-0.1, -0.05) is 77.3 Å². The Kier molecular flexibility index (Phi) is 7.23. The van der Waals surface area contributed by atoms with Gasteiger partial charge < -0.3 is 0 Å². The molecule has 2 atom stereocenters. The Morgan fingerprint density at radius 2 is 1.66 bits per heavy atom. The summed E-state index contributed by atoms with van der Waals surface area (Å²) in [5.41, 5.74) is 3.25. The van der Waals surface area contributed by atoms with Gasteiger partial charge in [0.2, 0.25) is 0 Å². The fraction of sp³-hybridized carbons (Fsp3) is 0.280. The second-order valence-electron chi connectivity index (χ2n) is 8.27. The van der Waals surface area contributed by atoms with E-state index in [-0.39, 0.29) is 23.3 Å². The van der Waals surface area contributed by atoms with Gasteiger partial charge in [-0.15, -0.1) is 0 Å². The Bertz CT molecular complexity index is 1170. The summed E-state index contributed by atoms with van der Waals surface area (Å²) < 4.78 is 31.0. The van der Waals surface area contributed by atoms with E-state index in [4.69, 9.17) is 27.4 Å². The van der Waals surface area contributed by atoms with Gasteiger partial charge in [0.1, 0.15) is 0 Å². The van der Waals surface area contributed by atoms with E-state index in [1.54, 1.807) is 30.3 Å². The molecule has 1 fully saturated rings. The molecule has 4 nitrogen and oxygen atoms in total. The summed E-state index contributed by atoms with van der Waals surface area (Å²) in [6.07, 6.45) is 0. The van der Waals surface area contributed by atoms with Crippen molar-refractivity contribution in [3.63, 3.8) is 0 Å². The predicted molar refractivity (Wildman–Crippen MR) is 129 cm³/mol. The Hall–Kier alpha value is -1.89. The molecule has 0 bridgehead atoms. The maximum absolute atomic E-state index is 12.7. The quantitative estimate of drug-likeness (QED) is 0.386. The van der Waals surface area contributed by atoms with Crippen LogP contribution < -0.4 is 0 Å². The van der Waals surface area contributed by atoms with Crippen molar-refractivity contribution in [1.29, 1.82) is 0 Å². The lowest BCUT2D eigenvalue weighted by molar-refractivity contribution is 0.237. The number of aryl methyl sites for hydroxylation is 1. The molecule has 0 aromatic heterocycles. The molecule has 1 heterocycles. The van der Waals surface area contributed by atoms with E-state index >= 15 is 0 Å². The van der Waals surface area contributed by atoms with Crippen molar-refractivity contribution in [2.75, 3.05) is 19.7 Å². The van der Waals surface area contributed by atoms with Crippen molar-refractivity contribution in [2.24, 2.45) is 5.92 Å². The summed E-state index contributed by atoms with van der Waals surface area (Å²) in [4.78, 5) is 2.50. The van der Waals surface area contributed by atoms with Crippen LogP contribution in [0.4, 0.5) is 0 Å². The molecule has 0 saturated carbocycles. The van der Waals surface area contributed by atoms with Gasteiger partial charge in [-0.25, -0.2) is 0 Å². The summed E-state index contributed by atoms with van der Waals surface area (Å²) in [5, 5.41) is 1.00. The fourth-order valence-electron chi connectivity index (χ4n) is 4.17. The highest BCUT2D eigenvalue weighted by Crippen LogP contribution is 2.36. The van der Waals surface area contributed by atoms with Crippen LogP contribution >= 0.6 is 23.2 Å². The maximum Gasteiger partial charge on any atom is 0.296 e. The Morgan fingerprint density at radius 1 is 0.938 bits per heavy atom. The van der Waals surface area contributed by atoms with Crippen LogP contribution in [-0.4, -0.2) is 33.0 Å². The summed E-state index contributed by atoms with van der Waals surface area (Å²) >= 11 is 12.4. The van der Waals surface area contributed by atoms with E-state index in [9.17, 15) is 8.42 Å². The summed E-state index contributed by atoms with van der Waals surface area (Å²) in [6.45, 7) is 4.32. The van der Waals surface area contributed by atoms with Gasteiger partial charge in [0.05, 0.1) is 21.5 Å². The van der Waals surface area contributed by atoms with Crippen LogP contribution in [-0.2, 0) is 20.8 Å². The number of benzene rings is 3. The Labute approximate surface area is 199 Å². The van der Waals surface area contributed by atoms with Crippen molar-refractivity contribution in [3.8, 4) is 0 Å². The lowest BCUT2D eigenvalue weighted by atomic mass is 9.89. The second-order valence-corrected chi connectivity index (χ2v) is 10.7. The third-order valence-corrected chi connectivity index (χ3v) is 7.92. The molecule has 1 aliphatic heterocycles. The zero-order valence-electron chi connectivity index (χ0n) is 17.7. The summed E-state index contributed by atoms with van der Waals surface area (Å²) in [7, 11) is -3.83. The molecule has 0 amide bonds. The van der Waals surface area contributed by atoms with Crippen molar-refractivity contribution < 1.29 is 12.6 Å². The standard InChI is InChI=1S/C25H25Cl2NO3S/c1-18-7-10-22(11-8-18)32(29,30)31-17-21-15-28(14-19-5-3-2-4-6-19)16-23(21)20-9-12-24(26)25(27)13-20/h2-13,21,23H,14-17H2,1H3. The average Bonchev–Trinajstić information content (AvgIpc) is 3.18. The fourth-order valence-corrected chi connectivity index (χ4v) is 5.44. The van der Waals surface area contributed by atoms with Crippen LogP contribution in [0.5, 0.6) is 0 Å². The van der Waals surface area contributed by atoms with E-state index < -0.39 is 10.1 Å². The molecule has 4 rings (SSSR count). The smallest absolute Gasteiger partial charge is 0.296 e. The summed E-state index contributed by atoms with van der Waals surface area (Å²) in [6, 6.07) is 22.6. The minimum absolute atomic E-state index is 0.00354. The molecule has 3 aromatic carbocycles. The van der Waals surface area contributed by atoms with Crippen LogP contribution in [0.1, 0.15) is 22.6 Å². The van der Waals surface area contributed by atoms with Crippen LogP contribution in [0.25, 0.3) is 0 Å². The van der Waals surface area contributed by atoms with E-state index in [2.05, 4.69) is 17.0 Å². The highest BCUT2D eigenvalue weighted by molar-refractivity contribution is 7.86. The second kappa shape index (κ2) is 9.94. The molecule has 32 heavy (non-hydrogen) atoms. The lowest BCUT2D eigenvalue weighted by Crippen LogP contribution is -2.22. The molecule has 0 spiro atoms. The Balaban J connectivity index is 1.53. The Morgan fingerprint density at radius 3 is 2.34 bits per heavy atom. The zero-order valence-corrected chi connectivity index (χ0v) is 20.1. The van der Waals surface area contributed by atoms with Crippen molar-refractivity contribution in [2.45, 2.75) is 24.3 Å². The summed E-state index contributed by atoms with van der Waals surface area (Å²) in [5.74, 6) is 0.0814. The number of halogens is 2. The van der Waals surface area contributed by atoms with Crippen LogP contribution in [0, 0.1) is 12.8 Å². The molecule has 1 saturated heterocycles. The number of rotatable bonds is 7. The largest absolute Gasteiger partial charge is 0.298 e. The first-order valence-electron chi connectivity index (χ1n) is 10.5. The van der Waals surface area contributed by atoms with Gasteiger partial charge in [0, 0.05) is 31.5 Å². The molecule has 0 radical (unpaired) electrons. The number of hydrogen-bond donors (Lipinski definition) is 0. The van der Waals surface area contributed by atoms with Gasteiger partial charge in [-0.05, 0) is 42.3 Å². The molecular formula is C25H25Cl2NO3S. The highest BCUT2D eigenvalue weighted by Gasteiger charge is 2.35. The molecule has 0 N–H and O–H groups in total. The molecule has 0 aliphatic carbocycles. The lowest BCUT2D eigenvalue weighted by Gasteiger charge is -2.19. The van der Waals surface area contributed by atoms with Gasteiger partial charge in [0.15, 0.2) is 0 Å². The predicted octanol–water partition coefficient (Wildman–Crippen LogP) is 5.92. The van der Waals surface area contributed by atoms with Gasteiger partial charge in [-0.3, -0.25) is 9.08 Å². The normalized spacial score (nSPS) is 19.3. The number of likely N-dealkylation sites (tertiary alicyclic amines) is 1. The minimum atomic E-state index is -3.83. The molecular weight excluding hydrogens is 465 g/mol. The SMILES string of the molecule is Cc1ccc(S(=O)(=O)OCC2CN(Cc3ccccc3)CC2c2ccc(Cl)c(Cl)c2)cc1. The van der Waals surface area contributed by atoms with E-state index in [0.29, 0.717) is 10.0 Å². The van der Waals surface area contributed by atoms with Gasteiger partial charge in [-0.2, -0.15) is 8.42 Å². The van der Waals surface area contributed by atoms with E-state index in [0.717, 1.165) is 30.8 Å². The number of nitrogens with zero attached hydrogens (tertiary/aromatic N) is 1. The van der Waals surface area contributed by atoms with Crippen molar-refractivity contribution in [3.05, 3.63) is 99.5 Å². The van der Waals surface area contributed by atoms with Gasteiger partial charge >= 0.3 is 0 Å². The molecule has 2 unspecified atom stereocenters. The first kappa shape index (κ1) is 23.3. The van der Waals surface area contributed by atoms with Crippen LogP contribution in [0.2, 0.25) is 10.0 Å². The monoisotopic (exact) mass is 489 g/mol. The van der Waals surface area contributed by atoms with E-state index in [1.807, 2.05) is 37.3 Å². The van der Waals surface area contributed by atoms with Crippen molar-refractivity contribution >= 4 is 33.3 Å². The zero-order chi connectivity index (χ0) is 22.7. The molecule has 3 aromatic rings. The third-order valence-electron chi connectivity index (χ3n) is 5.88. The average molecular weight is 490 g/mol. The molecule has 7 heteroatoms. The van der Waals surface area contributed by atoms with Crippen LogP contribution in [0.15, 0.2) is 77.7 Å². The highest BCUT2D eigenvalue weighted by atomic mass is 35.5.